The molecule has 0 saturated carbocycles. The molecule has 8 heteroatoms. The molecule has 1 fully saturated rings. The first kappa shape index (κ1) is 15.9. The molecular weight excluding hydrogens is 482 g/mol. The number of fused-ring (bicyclic) bond motifs is 2. The largest absolute Gasteiger partial charge is 0.384 e. The summed E-state index contributed by atoms with van der Waals surface area (Å²) in [6, 6.07) is 0. The Hall–Kier alpha value is -1.12. The van der Waals surface area contributed by atoms with Crippen molar-refractivity contribution in [3.8, 4) is 0 Å². The fourth-order valence-electron chi connectivity index (χ4n) is 5.02. The highest BCUT2D eigenvalue weighted by atomic mass is 79.9. The molecule has 4 heterocycles. The van der Waals surface area contributed by atoms with Crippen LogP contribution in [0.3, 0.4) is 0 Å². The second kappa shape index (κ2) is 5.02. The quantitative estimate of drug-likeness (QED) is 0.506. The minimum atomic E-state index is -0.442. The fraction of sp³-hybridized carbons (Fsp3) is 0.389. The van der Waals surface area contributed by atoms with Crippen molar-refractivity contribution in [1.82, 2.24) is 10.6 Å². The van der Waals surface area contributed by atoms with Gasteiger partial charge >= 0.3 is 0 Å². The zero-order valence-electron chi connectivity index (χ0n) is 13.5. The molecule has 1 saturated heterocycles. The number of thioether (sulfide) groups is 1. The van der Waals surface area contributed by atoms with Crippen LogP contribution in [0, 0.1) is 11.3 Å². The van der Waals surface area contributed by atoms with E-state index in [1.807, 2.05) is 6.08 Å². The third kappa shape index (κ3) is 1.72. The molecule has 0 amide bonds. The lowest BCUT2D eigenvalue weighted by molar-refractivity contribution is -0.111. The van der Waals surface area contributed by atoms with Gasteiger partial charge in [0.25, 0.3) is 0 Å². The molecule has 5 nitrogen and oxygen atoms in total. The monoisotopic (exact) mass is 493 g/mol. The number of carbonyl (C=O) groups excluding carboxylic acids is 2. The van der Waals surface area contributed by atoms with Crippen molar-refractivity contribution in [3.63, 3.8) is 0 Å². The van der Waals surface area contributed by atoms with E-state index in [4.69, 9.17) is 0 Å². The van der Waals surface area contributed by atoms with E-state index >= 15 is 0 Å². The Kier molecular flexibility index (Phi) is 3.07. The van der Waals surface area contributed by atoms with Gasteiger partial charge in [0, 0.05) is 40.8 Å². The highest BCUT2D eigenvalue weighted by Gasteiger charge is 2.58. The third-order valence-corrected chi connectivity index (χ3v) is 9.03. The summed E-state index contributed by atoms with van der Waals surface area (Å²) >= 11 is 8.64. The van der Waals surface area contributed by atoms with Gasteiger partial charge in [-0.2, -0.15) is 0 Å². The Bertz CT molecular complexity index is 1010. The van der Waals surface area contributed by atoms with Crippen molar-refractivity contribution in [3.05, 3.63) is 42.5 Å². The van der Waals surface area contributed by atoms with E-state index in [1.54, 1.807) is 11.8 Å². The van der Waals surface area contributed by atoms with Crippen molar-refractivity contribution in [1.29, 1.82) is 0 Å². The van der Waals surface area contributed by atoms with E-state index in [2.05, 4.69) is 47.5 Å². The Balaban J connectivity index is 1.68. The number of hydrogen-bond acceptors (Lipinski definition) is 6. The molecule has 1 spiro atoms. The summed E-state index contributed by atoms with van der Waals surface area (Å²) < 4.78 is 1.16. The number of rotatable bonds is 0. The zero-order chi connectivity index (χ0) is 17.8. The Morgan fingerprint density at radius 1 is 1.23 bits per heavy atom. The van der Waals surface area contributed by atoms with E-state index in [1.165, 1.54) is 0 Å². The van der Waals surface area contributed by atoms with Gasteiger partial charge in [0.2, 0.25) is 11.6 Å². The lowest BCUT2D eigenvalue weighted by Crippen LogP contribution is -2.48. The summed E-state index contributed by atoms with van der Waals surface area (Å²) in [7, 11) is 0. The summed E-state index contributed by atoms with van der Waals surface area (Å²) in [5.41, 5.74) is 3.99. The van der Waals surface area contributed by atoms with Crippen molar-refractivity contribution >= 4 is 60.9 Å². The van der Waals surface area contributed by atoms with Gasteiger partial charge in [-0.15, -0.1) is 11.8 Å². The van der Waals surface area contributed by atoms with Crippen LogP contribution in [-0.2, 0) is 9.59 Å². The van der Waals surface area contributed by atoms with E-state index < -0.39 is 5.41 Å². The van der Waals surface area contributed by atoms with E-state index in [0.717, 1.165) is 41.1 Å². The van der Waals surface area contributed by atoms with Gasteiger partial charge in [-0.25, -0.2) is 0 Å². The first-order valence-corrected chi connectivity index (χ1v) is 11.1. The first-order valence-electron chi connectivity index (χ1n) is 8.60. The highest BCUT2D eigenvalue weighted by Crippen LogP contribution is 2.65. The normalized spacial score (nSPS) is 37.0. The van der Waals surface area contributed by atoms with Gasteiger partial charge in [-0.3, -0.25) is 14.6 Å². The molecule has 6 rings (SSSR count). The number of carbonyl (C=O) groups is 2. The zero-order valence-corrected chi connectivity index (χ0v) is 17.5. The maximum absolute atomic E-state index is 13.2. The molecular formula is C18H13Br2N3O2S. The van der Waals surface area contributed by atoms with Crippen LogP contribution in [-0.4, -0.2) is 35.7 Å². The van der Waals surface area contributed by atoms with E-state index in [9.17, 15) is 9.59 Å². The van der Waals surface area contributed by atoms with Gasteiger partial charge in [-0.05, 0) is 44.7 Å². The predicted octanol–water partition coefficient (Wildman–Crippen LogP) is 2.66. The second-order valence-electron chi connectivity index (χ2n) is 7.36. The number of Topliss-reactive ketones (excluding diaryl/α,β-unsaturated/α-hetero) is 2. The van der Waals surface area contributed by atoms with Crippen LogP contribution in [0.15, 0.2) is 47.5 Å². The minimum absolute atomic E-state index is 0.00780. The molecule has 1 unspecified atom stereocenters. The molecule has 2 bridgehead atoms. The number of hydrogen-bond donors (Lipinski definition) is 2. The van der Waals surface area contributed by atoms with Gasteiger partial charge in [0.15, 0.2) is 0 Å². The summed E-state index contributed by atoms with van der Waals surface area (Å²) in [4.78, 5) is 31.3. The number of nitrogens with one attached hydrogen (secondary N) is 2. The molecule has 2 N–H and O–H groups in total. The van der Waals surface area contributed by atoms with Crippen molar-refractivity contribution in [2.75, 3.05) is 13.1 Å². The van der Waals surface area contributed by atoms with Crippen LogP contribution in [0.25, 0.3) is 0 Å². The first-order chi connectivity index (χ1) is 12.5. The molecule has 0 radical (unpaired) electrons. The molecule has 6 aliphatic rings. The number of aliphatic imine (C=N–C) groups is 1. The second-order valence-corrected chi connectivity index (χ2v) is 10.2. The topological polar surface area (TPSA) is 70.6 Å². The number of ketones is 2. The van der Waals surface area contributed by atoms with E-state index in [0.29, 0.717) is 32.8 Å². The Morgan fingerprint density at radius 3 is 2.92 bits per heavy atom. The average Bonchev–Trinajstić information content (AvgIpc) is 3.18. The molecule has 0 aromatic carbocycles. The van der Waals surface area contributed by atoms with Crippen LogP contribution in [0.5, 0.6) is 0 Å². The van der Waals surface area contributed by atoms with E-state index in [-0.39, 0.29) is 16.9 Å². The Morgan fingerprint density at radius 2 is 2.08 bits per heavy atom. The number of allylic oxidation sites excluding steroid dienone is 6. The maximum Gasteiger partial charge on any atom is 0.227 e. The van der Waals surface area contributed by atoms with Crippen molar-refractivity contribution < 1.29 is 9.59 Å². The van der Waals surface area contributed by atoms with Crippen LogP contribution >= 0.6 is 43.6 Å². The summed E-state index contributed by atoms with van der Waals surface area (Å²) in [5, 5.41) is 7.08. The van der Waals surface area contributed by atoms with Crippen LogP contribution < -0.4 is 10.6 Å². The van der Waals surface area contributed by atoms with Gasteiger partial charge in [0.1, 0.15) is 5.71 Å². The smallest absolute Gasteiger partial charge is 0.227 e. The molecule has 2 aliphatic carbocycles. The fourth-order valence-corrected chi connectivity index (χ4v) is 8.18. The minimum Gasteiger partial charge on any atom is -0.384 e. The predicted molar refractivity (Wildman–Crippen MR) is 107 cm³/mol. The van der Waals surface area contributed by atoms with Gasteiger partial charge in [0.05, 0.1) is 25.5 Å². The Labute approximate surface area is 170 Å². The standard InChI is InChI=1S/C18H13Br2N3O2S/c19-7-3-18-4-8(26-17(18)11(20)15(7)24)23-14-10(18)12-9-6(1-2-21-12)5-22-13(9)16(14)25/h3,6,8,21,23H,1-2,4-5H2/t6?,8-,18+/m0/s1. The summed E-state index contributed by atoms with van der Waals surface area (Å²) in [5.74, 6) is 0.301. The van der Waals surface area contributed by atoms with Gasteiger partial charge in [-0.1, -0.05) is 6.08 Å². The maximum atomic E-state index is 13.2. The van der Waals surface area contributed by atoms with Crippen molar-refractivity contribution in [2.45, 2.75) is 18.2 Å². The lowest BCUT2D eigenvalue weighted by Gasteiger charge is -2.42. The average molecular weight is 495 g/mol. The molecule has 4 aliphatic heterocycles. The van der Waals surface area contributed by atoms with Crippen LogP contribution in [0.1, 0.15) is 12.8 Å². The lowest BCUT2D eigenvalue weighted by atomic mass is 9.66. The number of nitrogens with zero attached hydrogens (tertiary/aromatic N) is 1. The molecule has 0 aromatic rings. The van der Waals surface area contributed by atoms with Gasteiger partial charge < -0.3 is 10.6 Å². The SMILES string of the molecule is O=C1C(Br)=C[C@@]23C[C@@H](NC4=C2C2=C5C(=NCC5CCN2)C4=O)SC3=C1Br. The summed E-state index contributed by atoms with van der Waals surface area (Å²) in [6.45, 7) is 1.59. The van der Waals surface area contributed by atoms with Crippen LogP contribution in [0.4, 0.5) is 0 Å². The molecule has 132 valence electrons. The van der Waals surface area contributed by atoms with Crippen LogP contribution in [0.2, 0.25) is 0 Å². The number of halogens is 2. The molecule has 3 atom stereocenters. The molecule has 0 aromatic heterocycles. The van der Waals surface area contributed by atoms with Crippen molar-refractivity contribution in [2.24, 2.45) is 16.3 Å². The highest BCUT2D eigenvalue weighted by molar-refractivity contribution is 9.13. The summed E-state index contributed by atoms with van der Waals surface area (Å²) in [6.07, 6.45) is 3.85. The third-order valence-electron chi connectivity index (χ3n) is 6.05. The molecule has 26 heavy (non-hydrogen) atoms.